The highest BCUT2D eigenvalue weighted by Gasteiger charge is 2.22. The molecule has 0 amide bonds. The summed E-state index contributed by atoms with van der Waals surface area (Å²) in [5.41, 5.74) is 0. The van der Waals surface area contributed by atoms with Gasteiger partial charge in [0.2, 0.25) is 0 Å². The number of allylic oxidation sites excluding steroid dienone is 8. The first-order valence-corrected chi connectivity index (χ1v) is 23.5. The number of esters is 2. The van der Waals surface area contributed by atoms with Gasteiger partial charge in [-0.15, -0.1) is 0 Å². The molecule has 0 spiro atoms. The van der Waals surface area contributed by atoms with Crippen LogP contribution in [0.1, 0.15) is 206 Å². The van der Waals surface area contributed by atoms with Gasteiger partial charge in [0.15, 0.2) is 6.10 Å². The fourth-order valence-corrected chi connectivity index (χ4v) is 6.45. The van der Waals surface area contributed by atoms with Gasteiger partial charge in [0.05, 0.1) is 6.61 Å². The number of hydrogen-bond donors (Lipinski definition) is 2. The smallest absolute Gasteiger partial charge is 0.462 e. The van der Waals surface area contributed by atoms with Crippen LogP contribution in [0.15, 0.2) is 48.6 Å². The van der Waals surface area contributed by atoms with Crippen LogP contribution in [0.25, 0.3) is 0 Å². The molecule has 0 aromatic rings. The van der Waals surface area contributed by atoms with Crippen molar-refractivity contribution in [3.05, 3.63) is 48.6 Å². The Hall–Kier alpha value is -1.99. The maximum absolute atomic E-state index is 12.4. The van der Waals surface area contributed by atoms with E-state index in [4.69, 9.17) is 19.3 Å². The molecule has 8 nitrogen and oxygen atoms in total. The SMILES string of the molecule is CC/C=C\C/C=C\C/C=C\CCCCCCCC(=O)OC(COC(=O)CCCCCCCCCCC/C=C\CCCCCCCCCC)COP(=O)(O)O. The normalized spacial score (nSPS) is 12.9. The van der Waals surface area contributed by atoms with E-state index in [-0.39, 0.29) is 19.4 Å². The van der Waals surface area contributed by atoms with Gasteiger partial charge in [-0.25, -0.2) is 4.57 Å². The highest BCUT2D eigenvalue weighted by Crippen LogP contribution is 2.36. The first-order chi connectivity index (χ1) is 26.3. The Morgan fingerprint density at radius 3 is 1.35 bits per heavy atom. The second-order valence-electron chi connectivity index (χ2n) is 14.6. The zero-order valence-electron chi connectivity index (χ0n) is 34.6. The second-order valence-corrected chi connectivity index (χ2v) is 15.9. The van der Waals surface area contributed by atoms with Gasteiger partial charge in [-0.2, -0.15) is 0 Å². The van der Waals surface area contributed by atoms with Crippen LogP contribution in [-0.2, 0) is 28.2 Å². The summed E-state index contributed by atoms with van der Waals surface area (Å²) < 4.78 is 26.4. The number of ether oxygens (including phenoxy) is 2. The van der Waals surface area contributed by atoms with Crippen molar-refractivity contribution in [3.8, 4) is 0 Å². The summed E-state index contributed by atoms with van der Waals surface area (Å²) >= 11 is 0. The molecule has 0 rings (SSSR count). The summed E-state index contributed by atoms with van der Waals surface area (Å²) in [4.78, 5) is 42.9. The molecule has 0 heterocycles. The Morgan fingerprint density at radius 1 is 0.500 bits per heavy atom. The average molecular weight is 781 g/mol. The molecular weight excluding hydrogens is 699 g/mol. The molecule has 0 radical (unpaired) electrons. The fraction of sp³-hybridized carbons (Fsp3) is 0.778. The highest BCUT2D eigenvalue weighted by atomic mass is 31.2. The van der Waals surface area contributed by atoms with Crippen molar-refractivity contribution in [2.75, 3.05) is 13.2 Å². The first-order valence-electron chi connectivity index (χ1n) is 21.9. The maximum atomic E-state index is 12.4. The lowest BCUT2D eigenvalue weighted by Crippen LogP contribution is -2.29. The summed E-state index contributed by atoms with van der Waals surface area (Å²) in [6, 6.07) is 0. The van der Waals surface area contributed by atoms with Gasteiger partial charge in [-0.05, 0) is 70.6 Å². The standard InChI is InChI=1S/C45H81O8P/c1-3-5-7-9-11-13-15-17-19-20-21-22-23-24-26-27-29-31-33-35-37-39-44(46)51-41-43(42-52-54(48,49)50)53-45(47)40-38-36-34-32-30-28-25-18-16-14-12-10-8-6-4-2/h6,8,12,14,18,20-21,25,43H,3-5,7,9-11,13,15-17,19,22-24,26-42H2,1-2H3,(H2,48,49,50)/b8-6-,14-12-,21-20-,25-18-. The number of carbonyl (C=O) groups excluding carboxylic acids is 2. The van der Waals surface area contributed by atoms with Gasteiger partial charge < -0.3 is 19.3 Å². The van der Waals surface area contributed by atoms with Crippen LogP contribution < -0.4 is 0 Å². The molecule has 1 unspecified atom stereocenters. The highest BCUT2D eigenvalue weighted by molar-refractivity contribution is 7.46. The van der Waals surface area contributed by atoms with Gasteiger partial charge in [-0.3, -0.25) is 14.1 Å². The van der Waals surface area contributed by atoms with Gasteiger partial charge in [0, 0.05) is 12.8 Å². The van der Waals surface area contributed by atoms with Crippen molar-refractivity contribution in [3.63, 3.8) is 0 Å². The summed E-state index contributed by atoms with van der Waals surface area (Å²) in [7, 11) is -4.76. The third kappa shape index (κ3) is 42.7. The zero-order chi connectivity index (χ0) is 39.6. The molecule has 0 aliphatic heterocycles. The summed E-state index contributed by atoms with van der Waals surface area (Å²) in [5.74, 6) is -0.905. The topological polar surface area (TPSA) is 119 Å². The quantitative estimate of drug-likeness (QED) is 0.0273. The van der Waals surface area contributed by atoms with Crippen LogP contribution in [0.2, 0.25) is 0 Å². The fourth-order valence-electron chi connectivity index (χ4n) is 6.09. The monoisotopic (exact) mass is 781 g/mol. The van der Waals surface area contributed by atoms with Gasteiger partial charge in [0.1, 0.15) is 6.61 Å². The van der Waals surface area contributed by atoms with Crippen LogP contribution in [0.3, 0.4) is 0 Å². The van der Waals surface area contributed by atoms with Gasteiger partial charge in [-0.1, -0.05) is 172 Å². The summed E-state index contributed by atoms with van der Waals surface area (Å²) in [6.45, 7) is 3.57. The van der Waals surface area contributed by atoms with E-state index in [9.17, 15) is 14.2 Å². The summed E-state index contributed by atoms with van der Waals surface area (Å²) in [5, 5.41) is 0. The molecule has 0 aliphatic rings. The molecule has 0 bridgehead atoms. The van der Waals surface area contributed by atoms with Crippen molar-refractivity contribution in [2.45, 2.75) is 213 Å². The molecule has 0 saturated heterocycles. The lowest BCUT2D eigenvalue weighted by molar-refractivity contribution is -0.161. The van der Waals surface area contributed by atoms with E-state index in [1.54, 1.807) is 0 Å². The maximum Gasteiger partial charge on any atom is 0.469 e. The molecule has 0 aliphatic carbocycles. The lowest BCUT2D eigenvalue weighted by Gasteiger charge is -2.18. The predicted octanol–water partition coefficient (Wildman–Crippen LogP) is 13.5. The van der Waals surface area contributed by atoms with Crippen molar-refractivity contribution in [2.24, 2.45) is 0 Å². The average Bonchev–Trinajstić information content (AvgIpc) is 3.14. The minimum Gasteiger partial charge on any atom is -0.462 e. The Balaban J connectivity index is 3.89. The Kier molecular flexibility index (Phi) is 39.2. The largest absolute Gasteiger partial charge is 0.469 e. The van der Waals surface area contributed by atoms with E-state index in [1.807, 2.05) is 0 Å². The molecule has 2 N–H and O–H groups in total. The van der Waals surface area contributed by atoms with E-state index in [0.717, 1.165) is 70.6 Å². The van der Waals surface area contributed by atoms with Gasteiger partial charge >= 0.3 is 19.8 Å². The lowest BCUT2D eigenvalue weighted by atomic mass is 10.1. The Bertz CT molecular complexity index is 1020. The molecule has 9 heteroatoms. The van der Waals surface area contributed by atoms with E-state index in [1.165, 1.54) is 103 Å². The third-order valence-electron chi connectivity index (χ3n) is 9.33. The van der Waals surface area contributed by atoms with Crippen LogP contribution >= 0.6 is 7.82 Å². The number of hydrogen-bond acceptors (Lipinski definition) is 6. The van der Waals surface area contributed by atoms with Crippen LogP contribution in [-0.4, -0.2) is 41.0 Å². The van der Waals surface area contributed by atoms with E-state index < -0.39 is 32.5 Å². The van der Waals surface area contributed by atoms with Gasteiger partial charge in [0.25, 0.3) is 0 Å². The number of rotatable bonds is 40. The van der Waals surface area contributed by atoms with Crippen LogP contribution in [0, 0.1) is 0 Å². The van der Waals surface area contributed by atoms with Crippen LogP contribution in [0.4, 0.5) is 0 Å². The van der Waals surface area contributed by atoms with Crippen molar-refractivity contribution < 1.29 is 37.9 Å². The molecule has 0 aromatic carbocycles. The second kappa shape index (κ2) is 40.7. The van der Waals surface area contributed by atoms with E-state index in [2.05, 4.69) is 67.0 Å². The minimum atomic E-state index is -4.76. The first kappa shape index (κ1) is 52.0. The predicted molar refractivity (Wildman–Crippen MR) is 225 cm³/mol. The molecule has 54 heavy (non-hydrogen) atoms. The van der Waals surface area contributed by atoms with Crippen molar-refractivity contribution in [1.82, 2.24) is 0 Å². The molecule has 0 saturated carbocycles. The Labute approximate surface area is 331 Å². The molecule has 0 aromatic heterocycles. The van der Waals surface area contributed by atoms with Crippen molar-refractivity contribution >= 4 is 19.8 Å². The van der Waals surface area contributed by atoms with Crippen molar-refractivity contribution in [1.29, 1.82) is 0 Å². The summed E-state index contributed by atoms with van der Waals surface area (Å²) in [6.07, 6.45) is 49.8. The van der Waals surface area contributed by atoms with E-state index >= 15 is 0 Å². The van der Waals surface area contributed by atoms with E-state index in [0.29, 0.717) is 6.42 Å². The molecule has 0 fully saturated rings. The number of phosphoric acid groups is 1. The molecular formula is C45H81O8P. The molecule has 314 valence electrons. The number of phosphoric ester groups is 1. The molecule has 1 atom stereocenters. The van der Waals surface area contributed by atoms with Crippen LogP contribution in [0.5, 0.6) is 0 Å². The number of carbonyl (C=O) groups is 2. The zero-order valence-corrected chi connectivity index (χ0v) is 35.5. The minimum absolute atomic E-state index is 0.191. The Morgan fingerprint density at radius 2 is 0.889 bits per heavy atom. The number of unbranched alkanes of at least 4 members (excludes halogenated alkanes) is 22. The third-order valence-corrected chi connectivity index (χ3v) is 9.82.